The van der Waals surface area contributed by atoms with Crippen LogP contribution in [0, 0.1) is 5.92 Å². The molecule has 2 heterocycles. The van der Waals surface area contributed by atoms with E-state index < -0.39 is 0 Å². The lowest BCUT2D eigenvalue weighted by Gasteiger charge is -2.40. The van der Waals surface area contributed by atoms with Gasteiger partial charge in [-0.3, -0.25) is 4.90 Å². The average molecular weight is 289 g/mol. The Morgan fingerprint density at radius 3 is 2.90 bits per heavy atom. The van der Waals surface area contributed by atoms with Gasteiger partial charge in [-0.25, -0.2) is 0 Å². The maximum Gasteiger partial charge on any atom is 0.124 e. The van der Waals surface area contributed by atoms with E-state index in [-0.39, 0.29) is 0 Å². The van der Waals surface area contributed by atoms with Gasteiger partial charge in [-0.15, -0.1) is 0 Å². The van der Waals surface area contributed by atoms with Crippen LogP contribution in [0.2, 0.25) is 0 Å². The molecule has 1 fully saturated rings. The number of piperazine rings is 1. The largest absolute Gasteiger partial charge is 0.493 e. The van der Waals surface area contributed by atoms with Crippen LogP contribution < -0.4 is 10.1 Å². The lowest BCUT2D eigenvalue weighted by Crippen LogP contribution is -2.54. The van der Waals surface area contributed by atoms with Crippen molar-refractivity contribution < 1.29 is 4.74 Å². The highest BCUT2D eigenvalue weighted by atomic mass is 16.5. The predicted octanol–water partition coefficient (Wildman–Crippen LogP) is 1.59. The van der Waals surface area contributed by atoms with Crippen molar-refractivity contribution in [1.82, 2.24) is 15.1 Å². The van der Waals surface area contributed by atoms with Crippen molar-refractivity contribution in [2.24, 2.45) is 5.92 Å². The summed E-state index contributed by atoms with van der Waals surface area (Å²) in [6, 6.07) is 9.42. The zero-order chi connectivity index (χ0) is 14.8. The molecule has 1 N–H and O–H groups in total. The number of nitrogens with one attached hydrogen (secondary N) is 1. The van der Waals surface area contributed by atoms with E-state index in [1.165, 1.54) is 12.1 Å². The minimum absolute atomic E-state index is 0.399. The Kier molecular flexibility index (Phi) is 4.48. The Labute approximate surface area is 128 Å². The van der Waals surface area contributed by atoms with E-state index in [2.05, 4.69) is 60.4 Å². The summed E-state index contributed by atoms with van der Waals surface area (Å²) in [5, 5.41) is 3.80. The molecule has 0 radical (unpaired) electrons. The van der Waals surface area contributed by atoms with Gasteiger partial charge in [0, 0.05) is 49.7 Å². The summed E-state index contributed by atoms with van der Waals surface area (Å²) in [5.74, 6) is 1.55. The van der Waals surface area contributed by atoms with Crippen LogP contribution in [-0.4, -0.2) is 62.7 Å². The third-order valence-electron chi connectivity index (χ3n) is 4.88. The Bertz CT molecular complexity index is 479. The van der Waals surface area contributed by atoms with Gasteiger partial charge in [0.25, 0.3) is 0 Å². The van der Waals surface area contributed by atoms with Crippen LogP contribution in [0.4, 0.5) is 0 Å². The van der Waals surface area contributed by atoms with Gasteiger partial charge >= 0.3 is 0 Å². The van der Waals surface area contributed by atoms with Crippen molar-refractivity contribution in [1.29, 1.82) is 0 Å². The molecule has 116 valence electrons. The summed E-state index contributed by atoms with van der Waals surface area (Å²) in [4.78, 5) is 4.90. The topological polar surface area (TPSA) is 27.7 Å². The van der Waals surface area contributed by atoms with Gasteiger partial charge in [0.05, 0.1) is 6.61 Å². The van der Waals surface area contributed by atoms with Gasteiger partial charge in [0.15, 0.2) is 0 Å². The first-order valence-corrected chi connectivity index (χ1v) is 7.99. The fraction of sp³-hybridized carbons (Fsp3) is 0.647. The summed E-state index contributed by atoms with van der Waals surface area (Å²) in [7, 11) is 4.45. The quantitative estimate of drug-likeness (QED) is 0.914. The van der Waals surface area contributed by atoms with Crippen molar-refractivity contribution in [3.05, 3.63) is 29.8 Å². The molecule has 3 unspecified atom stereocenters. The van der Waals surface area contributed by atoms with E-state index in [9.17, 15) is 0 Å². The summed E-state index contributed by atoms with van der Waals surface area (Å²) in [5.41, 5.74) is 1.31. The molecule has 4 nitrogen and oxygen atoms in total. The number of likely N-dealkylation sites (N-methyl/N-ethyl adjacent to an activating group) is 2. The van der Waals surface area contributed by atoms with Crippen molar-refractivity contribution in [3.63, 3.8) is 0 Å². The molecule has 2 aliphatic rings. The van der Waals surface area contributed by atoms with Gasteiger partial charge in [-0.05, 0) is 20.2 Å². The highest BCUT2D eigenvalue weighted by Gasteiger charge is 2.29. The van der Waals surface area contributed by atoms with Gasteiger partial charge < -0.3 is 15.0 Å². The molecule has 0 aliphatic carbocycles. The molecule has 21 heavy (non-hydrogen) atoms. The lowest BCUT2D eigenvalue weighted by molar-refractivity contribution is 0.105. The standard InChI is InChI=1S/C17H27N3O/c1-13-12-21-16-7-5-4-6-15(16)17(13)18-10-14-11-19(2)8-9-20(14)3/h4-7,13-14,17-18H,8-12H2,1-3H3. The highest BCUT2D eigenvalue weighted by Crippen LogP contribution is 2.34. The normalized spacial score (nSPS) is 30.7. The van der Waals surface area contributed by atoms with Crippen LogP contribution in [0.25, 0.3) is 0 Å². The van der Waals surface area contributed by atoms with Gasteiger partial charge in [0.2, 0.25) is 0 Å². The number of nitrogens with zero attached hydrogens (tertiary/aromatic N) is 2. The van der Waals surface area contributed by atoms with E-state index in [1.54, 1.807) is 0 Å². The maximum absolute atomic E-state index is 5.84. The zero-order valence-electron chi connectivity index (χ0n) is 13.4. The first kappa shape index (κ1) is 14.8. The van der Waals surface area contributed by atoms with Crippen molar-refractivity contribution in [3.8, 4) is 5.75 Å². The first-order chi connectivity index (χ1) is 10.1. The van der Waals surface area contributed by atoms with Crippen LogP contribution in [0.5, 0.6) is 5.75 Å². The third kappa shape index (κ3) is 3.23. The Morgan fingerprint density at radius 2 is 2.05 bits per heavy atom. The number of rotatable bonds is 3. The van der Waals surface area contributed by atoms with E-state index in [1.807, 2.05) is 0 Å². The van der Waals surface area contributed by atoms with Gasteiger partial charge in [-0.2, -0.15) is 0 Å². The van der Waals surface area contributed by atoms with Crippen molar-refractivity contribution in [2.75, 3.05) is 46.9 Å². The van der Waals surface area contributed by atoms with E-state index in [0.29, 0.717) is 18.0 Å². The van der Waals surface area contributed by atoms with E-state index in [0.717, 1.165) is 32.0 Å². The second-order valence-electron chi connectivity index (χ2n) is 6.61. The minimum atomic E-state index is 0.399. The molecule has 2 aliphatic heterocycles. The van der Waals surface area contributed by atoms with Crippen LogP contribution in [0.1, 0.15) is 18.5 Å². The molecular formula is C17H27N3O. The first-order valence-electron chi connectivity index (χ1n) is 7.99. The molecule has 1 aromatic rings. The van der Waals surface area contributed by atoms with Crippen LogP contribution in [-0.2, 0) is 0 Å². The highest BCUT2D eigenvalue weighted by molar-refractivity contribution is 5.37. The second kappa shape index (κ2) is 6.34. The lowest BCUT2D eigenvalue weighted by atomic mass is 9.92. The SMILES string of the molecule is CC1COc2ccccc2C1NCC1CN(C)CCN1C. The monoisotopic (exact) mass is 289 g/mol. The van der Waals surface area contributed by atoms with Gasteiger partial charge in [0.1, 0.15) is 5.75 Å². The van der Waals surface area contributed by atoms with E-state index >= 15 is 0 Å². The molecule has 0 saturated carbocycles. The number of fused-ring (bicyclic) bond motifs is 1. The third-order valence-corrected chi connectivity index (χ3v) is 4.88. The molecule has 3 atom stereocenters. The predicted molar refractivity (Wildman–Crippen MR) is 85.8 cm³/mol. The van der Waals surface area contributed by atoms with Crippen LogP contribution >= 0.6 is 0 Å². The molecule has 1 aromatic carbocycles. The maximum atomic E-state index is 5.84. The van der Waals surface area contributed by atoms with Crippen molar-refractivity contribution >= 4 is 0 Å². The number of hydrogen-bond acceptors (Lipinski definition) is 4. The summed E-state index contributed by atoms with van der Waals surface area (Å²) < 4.78 is 5.84. The smallest absolute Gasteiger partial charge is 0.124 e. The Balaban J connectivity index is 1.67. The summed E-state index contributed by atoms with van der Waals surface area (Å²) in [6.45, 7) is 7.57. The summed E-state index contributed by atoms with van der Waals surface area (Å²) >= 11 is 0. The Morgan fingerprint density at radius 1 is 1.24 bits per heavy atom. The summed E-state index contributed by atoms with van der Waals surface area (Å²) in [6.07, 6.45) is 0. The molecule has 0 aromatic heterocycles. The number of benzene rings is 1. The molecular weight excluding hydrogens is 262 g/mol. The number of ether oxygens (including phenoxy) is 1. The molecule has 0 bridgehead atoms. The van der Waals surface area contributed by atoms with E-state index in [4.69, 9.17) is 4.74 Å². The van der Waals surface area contributed by atoms with Crippen molar-refractivity contribution in [2.45, 2.75) is 19.0 Å². The van der Waals surface area contributed by atoms with Crippen LogP contribution in [0.15, 0.2) is 24.3 Å². The average Bonchev–Trinajstić information content (AvgIpc) is 2.49. The molecule has 3 rings (SSSR count). The van der Waals surface area contributed by atoms with Gasteiger partial charge in [-0.1, -0.05) is 25.1 Å². The number of hydrogen-bond donors (Lipinski definition) is 1. The molecule has 0 amide bonds. The minimum Gasteiger partial charge on any atom is -0.493 e. The van der Waals surface area contributed by atoms with Crippen LogP contribution in [0.3, 0.4) is 0 Å². The second-order valence-corrected chi connectivity index (χ2v) is 6.61. The Hall–Kier alpha value is -1.10. The molecule has 1 saturated heterocycles. The zero-order valence-corrected chi connectivity index (χ0v) is 13.4. The molecule has 4 heteroatoms. The molecule has 0 spiro atoms. The fourth-order valence-corrected chi connectivity index (χ4v) is 3.39. The fourth-order valence-electron chi connectivity index (χ4n) is 3.39. The number of para-hydroxylation sites is 1.